The van der Waals surface area contributed by atoms with Crippen LogP contribution in [0.4, 0.5) is 5.69 Å². The second kappa shape index (κ2) is 11.3. The van der Waals surface area contributed by atoms with Crippen molar-refractivity contribution in [1.29, 1.82) is 0 Å². The number of para-hydroxylation sites is 2. The van der Waals surface area contributed by atoms with Crippen LogP contribution in [-0.2, 0) is 13.6 Å². The molecule has 0 spiro atoms. The van der Waals surface area contributed by atoms with Crippen LogP contribution < -0.4 is 14.0 Å². The minimum absolute atomic E-state index is 1.02. The predicted octanol–water partition coefficient (Wildman–Crippen LogP) is 7.38. The van der Waals surface area contributed by atoms with Crippen molar-refractivity contribution in [2.24, 2.45) is 7.05 Å². The van der Waals surface area contributed by atoms with E-state index in [9.17, 15) is 0 Å². The minimum atomic E-state index is 1.02. The van der Waals surface area contributed by atoms with Crippen LogP contribution in [0, 0.1) is 0 Å². The summed E-state index contributed by atoms with van der Waals surface area (Å²) in [7, 11) is 2.06. The van der Waals surface area contributed by atoms with Crippen LogP contribution in [0.5, 0.6) is 0 Å². The number of nitrogens with zero attached hydrogens (tertiary/aromatic N) is 3. The molecule has 3 nitrogen and oxygen atoms in total. The van der Waals surface area contributed by atoms with Gasteiger partial charge in [0.25, 0.3) is 5.01 Å². The van der Waals surface area contributed by atoms with Gasteiger partial charge in [0, 0.05) is 42.1 Å². The normalized spacial score (nSPS) is 14.9. The molecule has 0 saturated heterocycles. The van der Waals surface area contributed by atoms with Gasteiger partial charge in [0.2, 0.25) is 5.52 Å². The Morgan fingerprint density at radius 2 is 1.72 bits per heavy atom. The lowest BCUT2D eigenvalue weighted by Crippen LogP contribution is -2.34. The molecule has 0 radical (unpaired) electrons. The fourth-order valence-electron chi connectivity index (χ4n) is 4.53. The number of aryl methyl sites for hydroxylation is 2. The highest BCUT2D eigenvalue weighted by molar-refractivity contribution is 8.03. The van der Waals surface area contributed by atoms with Crippen LogP contribution in [0.25, 0.3) is 21.9 Å². The van der Waals surface area contributed by atoms with Crippen LogP contribution in [0.1, 0.15) is 37.3 Å². The van der Waals surface area contributed by atoms with Gasteiger partial charge in [-0.2, -0.15) is 4.57 Å². The molecular weight excluding hydrogens is 478 g/mol. The fraction of sp³-hybridized carbons (Fsp3) is 0.226. The number of rotatable bonds is 8. The third-order valence-electron chi connectivity index (χ3n) is 6.29. The van der Waals surface area contributed by atoms with Gasteiger partial charge in [0.05, 0.1) is 10.7 Å². The van der Waals surface area contributed by atoms with Crippen molar-refractivity contribution in [3.63, 3.8) is 0 Å². The van der Waals surface area contributed by atoms with E-state index in [4.69, 9.17) is 0 Å². The number of thiazole rings is 1. The molecule has 1 aliphatic rings. The SMILES string of the molecule is CCCN1/C(=C/C=C(/C=C/c2sc3ccccc3[n+]2CCC)c2cc[n+](C)cc2)Sc2ccccc21. The second-order valence-electron chi connectivity index (χ2n) is 8.99. The highest BCUT2D eigenvalue weighted by Gasteiger charge is 2.23. The number of hydrogen-bond donors (Lipinski definition) is 0. The van der Waals surface area contributed by atoms with Crippen molar-refractivity contribution in [2.45, 2.75) is 38.1 Å². The van der Waals surface area contributed by atoms with Gasteiger partial charge >= 0.3 is 0 Å². The summed E-state index contributed by atoms with van der Waals surface area (Å²) in [5.74, 6) is 0. The van der Waals surface area contributed by atoms with E-state index in [1.807, 2.05) is 23.1 Å². The molecule has 0 aliphatic carbocycles. The summed E-state index contributed by atoms with van der Waals surface area (Å²) in [6.45, 7) is 6.53. The number of allylic oxidation sites excluding steroid dienone is 4. The molecule has 4 aromatic rings. The molecule has 0 N–H and O–H groups in total. The van der Waals surface area contributed by atoms with Gasteiger partial charge in [0.15, 0.2) is 12.4 Å². The molecule has 182 valence electrons. The first-order chi connectivity index (χ1) is 17.7. The van der Waals surface area contributed by atoms with Crippen molar-refractivity contribution < 1.29 is 9.13 Å². The number of pyridine rings is 1. The Balaban J connectivity index is 1.54. The second-order valence-corrected chi connectivity index (χ2v) is 11.1. The maximum atomic E-state index is 2.45. The average molecular weight is 512 g/mol. The van der Waals surface area contributed by atoms with Crippen LogP contribution >= 0.6 is 23.1 Å². The summed E-state index contributed by atoms with van der Waals surface area (Å²) in [4.78, 5) is 3.78. The first kappa shape index (κ1) is 24.5. The van der Waals surface area contributed by atoms with Crippen molar-refractivity contribution in [3.05, 3.63) is 107 Å². The Hall–Kier alpha value is -3.15. The Morgan fingerprint density at radius 1 is 0.944 bits per heavy atom. The zero-order valence-corrected chi connectivity index (χ0v) is 22.9. The zero-order valence-electron chi connectivity index (χ0n) is 21.2. The van der Waals surface area contributed by atoms with E-state index in [-0.39, 0.29) is 0 Å². The maximum absolute atomic E-state index is 2.45. The van der Waals surface area contributed by atoms with Crippen LogP contribution in [0.2, 0.25) is 0 Å². The summed E-state index contributed by atoms with van der Waals surface area (Å²) in [5, 5.41) is 2.57. The standard InChI is InChI=1S/C31H33N3S2/c1-4-20-33-26-10-6-8-12-28(26)35-30(33)16-14-24(25-18-22-32(3)23-19-25)15-17-31-34(21-5-2)27-11-7-9-13-29(27)36-31/h6-19,22-23H,4-5,20-21H2,1-3H3/q+2. The monoisotopic (exact) mass is 511 g/mol. The van der Waals surface area contributed by atoms with Gasteiger partial charge in [-0.25, -0.2) is 4.57 Å². The third kappa shape index (κ3) is 5.18. The number of hydrogen-bond acceptors (Lipinski definition) is 3. The lowest BCUT2D eigenvalue weighted by Gasteiger charge is -2.19. The van der Waals surface area contributed by atoms with Gasteiger partial charge < -0.3 is 4.90 Å². The number of thioether (sulfide) groups is 1. The van der Waals surface area contributed by atoms with E-state index in [1.54, 1.807) is 0 Å². The molecule has 0 fully saturated rings. The molecule has 2 aromatic heterocycles. The minimum Gasteiger partial charge on any atom is -0.335 e. The highest BCUT2D eigenvalue weighted by Crippen LogP contribution is 2.45. The Labute approximate surface area is 222 Å². The molecule has 1 aliphatic heterocycles. The van der Waals surface area contributed by atoms with Gasteiger partial charge in [-0.05, 0) is 47.9 Å². The van der Waals surface area contributed by atoms with Crippen LogP contribution in [-0.4, -0.2) is 6.54 Å². The van der Waals surface area contributed by atoms with Crippen molar-refractivity contribution in [3.8, 4) is 0 Å². The summed E-state index contributed by atoms with van der Waals surface area (Å²) in [6.07, 6.45) is 15.6. The molecule has 0 saturated carbocycles. The lowest BCUT2D eigenvalue weighted by molar-refractivity contribution is -0.671. The van der Waals surface area contributed by atoms with E-state index in [2.05, 4.69) is 132 Å². The van der Waals surface area contributed by atoms with E-state index in [1.165, 1.54) is 42.0 Å². The van der Waals surface area contributed by atoms with E-state index in [0.717, 1.165) is 25.9 Å². The molecule has 5 rings (SSSR count). The number of fused-ring (bicyclic) bond motifs is 2. The molecule has 3 heterocycles. The third-order valence-corrected chi connectivity index (χ3v) is 8.55. The van der Waals surface area contributed by atoms with Crippen LogP contribution in [0.3, 0.4) is 0 Å². The van der Waals surface area contributed by atoms with E-state index < -0.39 is 0 Å². The molecule has 0 unspecified atom stereocenters. The number of aromatic nitrogens is 2. The Morgan fingerprint density at radius 3 is 2.53 bits per heavy atom. The number of benzene rings is 2. The first-order valence-corrected chi connectivity index (χ1v) is 14.3. The molecule has 0 atom stereocenters. The first-order valence-electron chi connectivity index (χ1n) is 12.7. The topological polar surface area (TPSA) is 11.0 Å². The Kier molecular flexibility index (Phi) is 7.69. The molecule has 0 bridgehead atoms. The highest BCUT2D eigenvalue weighted by atomic mass is 32.2. The van der Waals surface area contributed by atoms with Gasteiger partial charge in [-0.15, -0.1) is 0 Å². The van der Waals surface area contributed by atoms with Gasteiger partial charge in [-0.1, -0.05) is 67.3 Å². The molecule has 5 heteroatoms. The maximum Gasteiger partial charge on any atom is 0.262 e. The smallest absolute Gasteiger partial charge is 0.262 e. The van der Waals surface area contributed by atoms with Crippen LogP contribution in [0.15, 0.2) is 101 Å². The predicted molar refractivity (Wildman–Crippen MR) is 155 cm³/mol. The molecular formula is C31H33N3S2+2. The molecule has 0 amide bonds. The zero-order chi connectivity index (χ0) is 24.9. The quantitative estimate of drug-likeness (QED) is 0.180. The summed E-state index contributed by atoms with van der Waals surface area (Å²) < 4.78 is 5.86. The molecule has 2 aromatic carbocycles. The summed E-state index contributed by atoms with van der Waals surface area (Å²) in [6, 6.07) is 21.8. The fourth-order valence-corrected chi connectivity index (χ4v) is 6.71. The average Bonchev–Trinajstić information content (AvgIpc) is 3.43. The Bertz CT molecular complexity index is 1440. The van der Waals surface area contributed by atoms with Crippen molar-refractivity contribution in [2.75, 3.05) is 11.4 Å². The van der Waals surface area contributed by atoms with Gasteiger partial charge in [-0.3, -0.25) is 0 Å². The largest absolute Gasteiger partial charge is 0.335 e. The van der Waals surface area contributed by atoms with Crippen molar-refractivity contribution >= 4 is 50.7 Å². The van der Waals surface area contributed by atoms with E-state index >= 15 is 0 Å². The summed E-state index contributed by atoms with van der Waals surface area (Å²) in [5.41, 5.74) is 5.06. The van der Waals surface area contributed by atoms with Crippen molar-refractivity contribution in [1.82, 2.24) is 0 Å². The van der Waals surface area contributed by atoms with Gasteiger partial charge in [0.1, 0.15) is 18.3 Å². The number of anilines is 1. The molecule has 36 heavy (non-hydrogen) atoms. The summed E-state index contributed by atoms with van der Waals surface area (Å²) >= 11 is 3.73. The lowest BCUT2D eigenvalue weighted by atomic mass is 10.1. The van der Waals surface area contributed by atoms with E-state index in [0.29, 0.717) is 0 Å².